The van der Waals surface area contributed by atoms with Crippen LogP contribution in [0.25, 0.3) is 0 Å². The van der Waals surface area contributed by atoms with E-state index in [4.69, 9.17) is 11.6 Å². The normalized spacial score (nSPS) is 20.6. The van der Waals surface area contributed by atoms with Gasteiger partial charge in [-0.25, -0.2) is 9.98 Å². The number of amides is 1. The number of fused-ring (bicyclic) bond motifs is 3. The van der Waals surface area contributed by atoms with Crippen molar-refractivity contribution in [1.29, 1.82) is 0 Å². The van der Waals surface area contributed by atoms with Crippen molar-refractivity contribution in [3.8, 4) is 0 Å². The van der Waals surface area contributed by atoms with Crippen LogP contribution in [0.2, 0.25) is 5.15 Å². The standard InChI is InChI=1S/C12H9ClN5O/c13-8-3-2-7-10(15-8)18-6-9(19)16-12(18)11(14-7)17-4-1-5-17/h1-3H,4-6H2. The molecule has 1 saturated heterocycles. The zero-order valence-corrected chi connectivity index (χ0v) is 10.6. The lowest BCUT2D eigenvalue weighted by atomic mass is 10.2. The van der Waals surface area contributed by atoms with Crippen LogP contribution in [0.15, 0.2) is 22.1 Å². The SMILES string of the molecule is O=C1CN2C(=N1)C(N1C[CH]C1)=Nc1ccc(Cl)nc12. The van der Waals surface area contributed by atoms with E-state index < -0.39 is 0 Å². The van der Waals surface area contributed by atoms with Crippen LogP contribution in [0.4, 0.5) is 11.5 Å². The van der Waals surface area contributed by atoms with Gasteiger partial charge in [-0.3, -0.25) is 9.69 Å². The largest absolute Gasteiger partial charge is 0.353 e. The molecule has 6 nitrogen and oxygen atoms in total. The number of aliphatic imine (C=N–C) groups is 2. The Kier molecular flexibility index (Phi) is 2.17. The molecule has 1 aromatic heterocycles. The molecule has 0 N–H and O–H groups in total. The van der Waals surface area contributed by atoms with E-state index in [2.05, 4.69) is 26.3 Å². The first kappa shape index (κ1) is 10.9. The number of likely N-dealkylation sites (tertiary alicyclic amines) is 1. The van der Waals surface area contributed by atoms with Crippen molar-refractivity contribution in [2.75, 3.05) is 24.5 Å². The molecular formula is C12H9ClN5O. The predicted octanol–water partition coefficient (Wildman–Crippen LogP) is 1.04. The first-order valence-electron chi connectivity index (χ1n) is 5.93. The maximum atomic E-state index is 11.6. The number of nitrogens with zero attached hydrogens (tertiary/aromatic N) is 5. The van der Waals surface area contributed by atoms with Crippen molar-refractivity contribution in [2.24, 2.45) is 9.98 Å². The van der Waals surface area contributed by atoms with Crippen molar-refractivity contribution < 1.29 is 4.79 Å². The van der Waals surface area contributed by atoms with E-state index in [1.165, 1.54) is 0 Å². The van der Waals surface area contributed by atoms with Crippen molar-refractivity contribution in [1.82, 2.24) is 9.88 Å². The van der Waals surface area contributed by atoms with Crippen LogP contribution >= 0.6 is 11.6 Å². The number of hydrogen-bond acceptors (Lipinski definition) is 5. The van der Waals surface area contributed by atoms with Gasteiger partial charge in [0.1, 0.15) is 17.4 Å². The van der Waals surface area contributed by atoms with Gasteiger partial charge in [0, 0.05) is 19.5 Å². The summed E-state index contributed by atoms with van der Waals surface area (Å²) in [6.07, 6.45) is 2.14. The Balaban J connectivity index is 1.89. The Morgan fingerprint density at radius 3 is 2.74 bits per heavy atom. The number of amidine groups is 2. The number of carbonyl (C=O) groups excluding carboxylic acids is 1. The highest BCUT2D eigenvalue weighted by Crippen LogP contribution is 2.35. The Bertz CT molecular complexity index is 650. The fourth-order valence-electron chi connectivity index (χ4n) is 2.28. The molecule has 1 aromatic rings. The monoisotopic (exact) mass is 274 g/mol. The highest BCUT2D eigenvalue weighted by atomic mass is 35.5. The highest BCUT2D eigenvalue weighted by molar-refractivity contribution is 6.50. The number of pyridine rings is 1. The van der Waals surface area contributed by atoms with E-state index in [1.54, 1.807) is 11.0 Å². The molecule has 4 rings (SSSR count). The molecule has 0 unspecified atom stereocenters. The molecule has 95 valence electrons. The highest BCUT2D eigenvalue weighted by Gasteiger charge is 2.37. The lowest BCUT2D eigenvalue weighted by molar-refractivity contribution is -0.115. The van der Waals surface area contributed by atoms with Gasteiger partial charge in [-0.05, 0) is 12.1 Å². The van der Waals surface area contributed by atoms with Crippen LogP contribution in [0.1, 0.15) is 0 Å². The van der Waals surface area contributed by atoms with Crippen molar-refractivity contribution in [3.63, 3.8) is 0 Å². The van der Waals surface area contributed by atoms with Gasteiger partial charge in [-0.1, -0.05) is 11.6 Å². The number of anilines is 1. The molecule has 3 aliphatic heterocycles. The summed E-state index contributed by atoms with van der Waals surface area (Å²) in [5.41, 5.74) is 0.722. The molecule has 1 fully saturated rings. The van der Waals surface area contributed by atoms with Gasteiger partial charge in [0.15, 0.2) is 17.5 Å². The quantitative estimate of drug-likeness (QED) is 0.663. The van der Waals surface area contributed by atoms with Gasteiger partial charge in [-0.2, -0.15) is 4.99 Å². The smallest absolute Gasteiger partial charge is 0.267 e. The van der Waals surface area contributed by atoms with Gasteiger partial charge in [-0.15, -0.1) is 0 Å². The number of halogens is 1. The second-order valence-electron chi connectivity index (χ2n) is 4.52. The maximum absolute atomic E-state index is 11.6. The zero-order valence-electron chi connectivity index (χ0n) is 9.88. The van der Waals surface area contributed by atoms with Gasteiger partial charge in [0.2, 0.25) is 0 Å². The molecular weight excluding hydrogens is 266 g/mol. The summed E-state index contributed by atoms with van der Waals surface area (Å²) in [6.45, 7) is 1.86. The van der Waals surface area contributed by atoms with Crippen LogP contribution in [0.3, 0.4) is 0 Å². The van der Waals surface area contributed by atoms with Crippen LogP contribution in [0.5, 0.6) is 0 Å². The van der Waals surface area contributed by atoms with Crippen LogP contribution in [-0.4, -0.2) is 47.1 Å². The molecule has 4 heterocycles. The van der Waals surface area contributed by atoms with E-state index >= 15 is 0 Å². The molecule has 0 atom stereocenters. The summed E-state index contributed by atoms with van der Waals surface area (Å²) in [5, 5.41) is 0.383. The first-order chi connectivity index (χ1) is 9.22. The minimum Gasteiger partial charge on any atom is -0.353 e. The second kappa shape index (κ2) is 3.77. The van der Waals surface area contributed by atoms with Crippen LogP contribution in [0, 0.1) is 6.42 Å². The lowest BCUT2D eigenvalue weighted by Gasteiger charge is -2.37. The second-order valence-corrected chi connectivity index (χ2v) is 4.91. The summed E-state index contributed by atoms with van der Waals surface area (Å²) >= 11 is 5.91. The number of hydrogen-bond donors (Lipinski definition) is 0. The molecule has 1 radical (unpaired) electrons. The van der Waals surface area contributed by atoms with E-state index in [0.717, 1.165) is 24.6 Å². The van der Waals surface area contributed by atoms with Crippen LogP contribution < -0.4 is 4.90 Å². The summed E-state index contributed by atoms with van der Waals surface area (Å²) in [7, 11) is 0. The molecule has 0 aliphatic carbocycles. The predicted molar refractivity (Wildman–Crippen MR) is 72.0 cm³/mol. The fraction of sp³-hybridized carbons (Fsp3) is 0.250. The zero-order chi connectivity index (χ0) is 13.0. The van der Waals surface area contributed by atoms with E-state index in [9.17, 15) is 4.79 Å². The van der Waals surface area contributed by atoms with Gasteiger partial charge < -0.3 is 4.90 Å². The molecule has 0 saturated carbocycles. The number of rotatable bonds is 0. The maximum Gasteiger partial charge on any atom is 0.267 e. The third-order valence-electron chi connectivity index (χ3n) is 3.28. The third kappa shape index (κ3) is 1.56. The molecule has 0 spiro atoms. The van der Waals surface area contributed by atoms with E-state index in [0.29, 0.717) is 16.8 Å². The minimum absolute atomic E-state index is 0.179. The van der Waals surface area contributed by atoms with Gasteiger partial charge in [0.05, 0.1) is 0 Å². The van der Waals surface area contributed by atoms with Crippen molar-refractivity contribution in [2.45, 2.75) is 0 Å². The molecule has 7 heteroatoms. The van der Waals surface area contributed by atoms with Gasteiger partial charge >= 0.3 is 0 Å². The summed E-state index contributed by atoms with van der Waals surface area (Å²) in [5.74, 6) is 1.75. The van der Waals surface area contributed by atoms with Crippen LogP contribution in [-0.2, 0) is 4.79 Å². The average Bonchev–Trinajstić information content (AvgIpc) is 2.70. The van der Waals surface area contributed by atoms with E-state index in [1.807, 2.05) is 6.07 Å². The summed E-state index contributed by atoms with van der Waals surface area (Å²) in [6, 6.07) is 3.51. The Morgan fingerprint density at radius 1 is 1.16 bits per heavy atom. The fourth-order valence-corrected chi connectivity index (χ4v) is 2.42. The molecule has 1 amide bonds. The summed E-state index contributed by atoms with van der Waals surface area (Å²) < 4.78 is 0. The van der Waals surface area contributed by atoms with Gasteiger partial charge in [0.25, 0.3) is 5.91 Å². The van der Waals surface area contributed by atoms with Crippen molar-refractivity contribution in [3.05, 3.63) is 23.7 Å². The Morgan fingerprint density at radius 2 is 2.00 bits per heavy atom. The summed E-state index contributed by atoms with van der Waals surface area (Å²) in [4.78, 5) is 28.3. The molecule has 0 aromatic carbocycles. The van der Waals surface area contributed by atoms with Crippen molar-refractivity contribution >= 4 is 40.7 Å². The third-order valence-corrected chi connectivity index (χ3v) is 3.49. The average molecular weight is 275 g/mol. The van der Waals surface area contributed by atoms with E-state index in [-0.39, 0.29) is 12.5 Å². The lowest BCUT2D eigenvalue weighted by Crippen LogP contribution is -2.51. The number of carbonyl (C=O) groups is 1. The Hall–Kier alpha value is -1.95. The Labute approximate surface area is 114 Å². The first-order valence-corrected chi connectivity index (χ1v) is 6.31. The minimum atomic E-state index is -0.179. The molecule has 0 bridgehead atoms. The number of aromatic nitrogens is 1. The topological polar surface area (TPSA) is 61.2 Å². The molecule has 19 heavy (non-hydrogen) atoms. The molecule has 3 aliphatic rings.